The van der Waals surface area contributed by atoms with Crippen LogP contribution in [0.5, 0.6) is 0 Å². The van der Waals surface area contributed by atoms with Crippen LogP contribution in [0.3, 0.4) is 0 Å². The molecule has 0 unspecified atom stereocenters. The minimum atomic E-state index is 0.617. The molecule has 0 saturated heterocycles. The molecular weight excluding hydrogens is 136 g/mol. The Labute approximate surface area is 69.0 Å². The van der Waals surface area contributed by atoms with Gasteiger partial charge in [-0.3, -0.25) is 0 Å². The molecule has 0 spiro atoms. The zero-order valence-electron chi connectivity index (χ0n) is 7.70. The van der Waals surface area contributed by atoms with E-state index in [9.17, 15) is 0 Å². The standard InChI is InChI=1S/C9H18N2/c1-4-6-8(7(3)10)9(11)5-2/h10H,4-6,11H2,1-3H3/b9-8-,10-7?. The largest absolute Gasteiger partial charge is 0.402 e. The lowest BCUT2D eigenvalue weighted by Crippen LogP contribution is -2.07. The lowest BCUT2D eigenvalue weighted by Gasteiger charge is -2.07. The van der Waals surface area contributed by atoms with Gasteiger partial charge in [0.1, 0.15) is 0 Å². The normalized spacial score (nSPS) is 12.6. The Morgan fingerprint density at radius 1 is 1.36 bits per heavy atom. The van der Waals surface area contributed by atoms with Crippen molar-refractivity contribution in [2.24, 2.45) is 5.73 Å². The zero-order chi connectivity index (χ0) is 8.85. The predicted octanol–water partition coefficient (Wildman–Crippen LogP) is 2.45. The molecule has 0 heterocycles. The Bertz CT molecular complexity index is 168. The number of rotatable bonds is 4. The Morgan fingerprint density at radius 2 is 1.91 bits per heavy atom. The van der Waals surface area contributed by atoms with Crippen LogP contribution in [-0.2, 0) is 0 Å². The van der Waals surface area contributed by atoms with Gasteiger partial charge < -0.3 is 11.1 Å². The van der Waals surface area contributed by atoms with Crippen molar-refractivity contribution >= 4 is 5.71 Å². The van der Waals surface area contributed by atoms with E-state index in [0.29, 0.717) is 5.71 Å². The van der Waals surface area contributed by atoms with Gasteiger partial charge in [0.05, 0.1) is 0 Å². The summed E-state index contributed by atoms with van der Waals surface area (Å²) in [5, 5.41) is 7.45. The SMILES string of the molecule is CCC/C(C(C)=N)=C(/N)CC. The Morgan fingerprint density at radius 3 is 2.18 bits per heavy atom. The van der Waals surface area contributed by atoms with Gasteiger partial charge in [0.15, 0.2) is 0 Å². The van der Waals surface area contributed by atoms with E-state index in [1.807, 2.05) is 6.92 Å². The fourth-order valence-corrected chi connectivity index (χ4v) is 1.05. The molecule has 0 aliphatic heterocycles. The van der Waals surface area contributed by atoms with Crippen molar-refractivity contribution in [1.82, 2.24) is 0 Å². The van der Waals surface area contributed by atoms with Crippen molar-refractivity contribution in [1.29, 1.82) is 5.41 Å². The van der Waals surface area contributed by atoms with Crippen molar-refractivity contribution in [3.05, 3.63) is 11.3 Å². The monoisotopic (exact) mass is 154 g/mol. The van der Waals surface area contributed by atoms with Gasteiger partial charge in [-0.25, -0.2) is 0 Å². The smallest absolute Gasteiger partial charge is 0.0332 e. The summed E-state index contributed by atoms with van der Waals surface area (Å²) in [5.74, 6) is 0. The highest BCUT2D eigenvalue weighted by atomic mass is 14.6. The molecule has 0 saturated carbocycles. The van der Waals surface area contributed by atoms with Crippen LogP contribution in [0.4, 0.5) is 0 Å². The van der Waals surface area contributed by atoms with Gasteiger partial charge in [0.25, 0.3) is 0 Å². The van der Waals surface area contributed by atoms with Crippen molar-refractivity contribution in [3.8, 4) is 0 Å². The van der Waals surface area contributed by atoms with Crippen LogP contribution in [0.15, 0.2) is 11.3 Å². The molecule has 0 amide bonds. The summed E-state index contributed by atoms with van der Waals surface area (Å²) in [7, 11) is 0. The molecule has 0 aromatic rings. The first-order valence-electron chi connectivity index (χ1n) is 4.16. The van der Waals surface area contributed by atoms with Gasteiger partial charge >= 0.3 is 0 Å². The van der Waals surface area contributed by atoms with E-state index in [2.05, 4.69) is 6.92 Å². The fourth-order valence-electron chi connectivity index (χ4n) is 1.05. The Hall–Kier alpha value is -0.790. The van der Waals surface area contributed by atoms with E-state index in [1.165, 1.54) is 0 Å². The summed E-state index contributed by atoms with van der Waals surface area (Å²) in [5.41, 5.74) is 8.27. The van der Waals surface area contributed by atoms with Crippen LogP contribution in [0, 0.1) is 5.41 Å². The molecule has 0 rings (SSSR count). The molecular formula is C9H18N2. The molecule has 0 aliphatic rings. The molecule has 64 valence electrons. The van der Waals surface area contributed by atoms with Crippen LogP contribution in [0.2, 0.25) is 0 Å². The number of allylic oxidation sites excluding steroid dienone is 2. The molecule has 0 aromatic carbocycles. The molecule has 0 bridgehead atoms. The summed E-state index contributed by atoms with van der Waals surface area (Å²) in [6.07, 6.45) is 2.85. The third-order valence-corrected chi connectivity index (χ3v) is 1.72. The second-order valence-electron chi connectivity index (χ2n) is 2.73. The van der Waals surface area contributed by atoms with Crippen LogP contribution in [0.25, 0.3) is 0 Å². The minimum Gasteiger partial charge on any atom is -0.402 e. The van der Waals surface area contributed by atoms with E-state index in [-0.39, 0.29) is 0 Å². The van der Waals surface area contributed by atoms with Crippen LogP contribution in [-0.4, -0.2) is 5.71 Å². The first kappa shape index (κ1) is 10.2. The fraction of sp³-hybridized carbons (Fsp3) is 0.667. The minimum absolute atomic E-state index is 0.617. The topological polar surface area (TPSA) is 49.9 Å². The summed E-state index contributed by atoms with van der Waals surface area (Å²) >= 11 is 0. The highest BCUT2D eigenvalue weighted by Crippen LogP contribution is 2.11. The van der Waals surface area contributed by atoms with Gasteiger partial charge in [-0.2, -0.15) is 0 Å². The summed E-state index contributed by atoms with van der Waals surface area (Å²) in [6.45, 7) is 5.92. The van der Waals surface area contributed by atoms with E-state index in [1.54, 1.807) is 6.92 Å². The quantitative estimate of drug-likeness (QED) is 0.600. The lowest BCUT2D eigenvalue weighted by atomic mass is 10.0. The molecule has 3 N–H and O–H groups in total. The number of hydrogen-bond acceptors (Lipinski definition) is 2. The summed E-state index contributed by atoms with van der Waals surface area (Å²) in [6, 6.07) is 0. The van der Waals surface area contributed by atoms with Gasteiger partial charge in [-0.05, 0) is 25.3 Å². The maximum Gasteiger partial charge on any atom is 0.0332 e. The van der Waals surface area contributed by atoms with Gasteiger partial charge in [-0.15, -0.1) is 0 Å². The van der Waals surface area contributed by atoms with Crippen molar-refractivity contribution in [2.45, 2.75) is 40.0 Å². The molecule has 2 nitrogen and oxygen atoms in total. The highest BCUT2D eigenvalue weighted by molar-refractivity contribution is 5.96. The van der Waals surface area contributed by atoms with Crippen LogP contribution >= 0.6 is 0 Å². The van der Waals surface area contributed by atoms with Crippen LogP contribution < -0.4 is 5.73 Å². The third-order valence-electron chi connectivity index (χ3n) is 1.72. The number of hydrogen-bond donors (Lipinski definition) is 2. The molecule has 0 aliphatic carbocycles. The Kier molecular flexibility index (Phi) is 4.59. The third kappa shape index (κ3) is 3.21. The number of nitrogens with two attached hydrogens (primary N) is 1. The number of nitrogens with one attached hydrogen (secondary N) is 1. The molecule has 0 radical (unpaired) electrons. The van der Waals surface area contributed by atoms with Crippen LogP contribution in [0.1, 0.15) is 40.0 Å². The van der Waals surface area contributed by atoms with E-state index < -0.39 is 0 Å². The van der Waals surface area contributed by atoms with Gasteiger partial charge in [-0.1, -0.05) is 20.3 Å². The van der Waals surface area contributed by atoms with Crippen molar-refractivity contribution < 1.29 is 0 Å². The van der Waals surface area contributed by atoms with Crippen molar-refractivity contribution in [3.63, 3.8) is 0 Å². The Balaban J connectivity index is 4.43. The summed E-state index contributed by atoms with van der Waals surface area (Å²) < 4.78 is 0. The maximum atomic E-state index is 7.45. The predicted molar refractivity (Wildman–Crippen MR) is 49.8 cm³/mol. The van der Waals surface area contributed by atoms with E-state index >= 15 is 0 Å². The average molecular weight is 154 g/mol. The second kappa shape index (κ2) is 4.94. The first-order valence-corrected chi connectivity index (χ1v) is 4.16. The molecule has 2 heteroatoms. The van der Waals surface area contributed by atoms with E-state index in [0.717, 1.165) is 30.5 Å². The summed E-state index contributed by atoms with van der Waals surface area (Å²) in [4.78, 5) is 0. The zero-order valence-corrected chi connectivity index (χ0v) is 7.70. The van der Waals surface area contributed by atoms with E-state index in [4.69, 9.17) is 11.1 Å². The molecule has 0 aromatic heterocycles. The van der Waals surface area contributed by atoms with Gasteiger partial charge in [0, 0.05) is 11.4 Å². The average Bonchev–Trinajstić information content (AvgIpc) is 1.98. The highest BCUT2D eigenvalue weighted by Gasteiger charge is 2.02. The second-order valence-corrected chi connectivity index (χ2v) is 2.73. The first-order chi connectivity index (χ1) is 5.13. The lowest BCUT2D eigenvalue weighted by molar-refractivity contribution is 0.898. The van der Waals surface area contributed by atoms with Crippen molar-refractivity contribution in [2.75, 3.05) is 0 Å². The molecule has 11 heavy (non-hydrogen) atoms. The molecule has 0 fully saturated rings. The maximum absolute atomic E-state index is 7.45. The van der Waals surface area contributed by atoms with Gasteiger partial charge in [0.2, 0.25) is 0 Å². The molecule has 0 atom stereocenters.